The maximum atomic E-state index is 11.2. The Hall–Kier alpha value is -1.55. The Morgan fingerprint density at radius 2 is 2.29 bits per heavy atom. The van der Waals surface area contributed by atoms with Crippen molar-refractivity contribution in [3.8, 4) is 5.75 Å². The van der Waals surface area contributed by atoms with Crippen LogP contribution in [0.5, 0.6) is 5.75 Å². The van der Waals surface area contributed by atoms with Gasteiger partial charge in [-0.15, -0.1) is 0 Å². The second-order valence-electron chi connectivity index (χ2n) is 2.81. The van der Waals surface area contributed by atoms with E-state index in [0.717, 1.165) is 11.4 Å². The molecule has 4 nitrogen and oxygen atoms in total. The number of ether oxygens (including phenoxy) is 1. The Morgan fingerprint density at radius 1 is 1.50 bits per heavy atom. The number of nitrogens with one attached hydrogen (secondary N) is 2. The van der Waals surface area contributed by atoms with Crippen molar-refractivity contribution >= 4 is 11.6 Å². The van der Waals surface area contributed by atoms with Gasteiger partial charge in [0, 0.05) is 11.8 Å². The first-order valence-electron chi connectivity index (χ1n) is 4.34. The van der Waals surface area contributed by atoms with Crippen molar-refractivity contribution in [2.24, 2.45) is 0 Å². The molecular formula is C10H14N2O2. The second kappa shape index (κ2) is 5.24. The predicted molar refractivity (Wildman–Crippen MR) is 55.6 cm³/mol. The number of methoxy groups -OCH3 is 1. The van der Waals surface area contributed by atoms with Crippen LogP contribution in [0.2, 0.25) is 0 Å². The number of likely N-dealkylation sites (N-methyl/N-ethyl adjacent to an activating group) is 1. The van der Waals surface area contributed by atoms with Crippen molar-refractivity contribution in [2.75, 3.05) is 26.0 Å². The highest BCUT2D eigenvalue weighted by molar-refractivity contribution is 5.92. The first kappa shape index (κ1) is 10.5. The summed E-state index contributed by atoms with van der Waals surface area (Å²) >= 11 is 0. The van der Waals surface area contributed by atoms with Gasteiger partial charge in [0.1, 0.15) is 5.75 Å². The first-order valence-corrected chi connectivity index (χ1v) is 4.34. The molecule has 1 rings (SSSR count). The van der Waals surface area contributed by atoms with Gasteiger partial charge in [-0.1, -0.05) is 6.07 Å². The lowest BCUT2D eigenvalue weighted by molar-refractivity contribution is -0.115. The molecule has 0 saturated carbocycles. The molecule has 0 saturated heterocycles. The zero-order valence-electron chi connectivity index (χ0n) is 8.33. The minimum absolute atomic E-state index is 0.0687. The predicted octanol–water partition coefficient (Wildman–Crippen LogP) is 0.853. The zero-order chi connectivity index (χ0) is 10.4. The molecule has 1 amide bonds. The Bertz CT molecular complexity index is 313. The zero-order valence-corrected chi connectivity index (χ0v) is 8.33. The van der Waals surface area contributed by atoms with Crippen LogP contribution in [0.4, 0.5) is 5.69 Å². The third-order valence-electron chi connectivity index (χ3n) is 1.69. The van der Waals surface area contributed by atoms with Crippen LogP contribution >= 0.6 is 0 Å². The molecule has 14 heavy (non-hydrogen) atoms. The van der Waals surface area contributed by atoms with Gasteiger partial charge < -0.3 is 15.4 Å². The lowest BCUT2D eigenvalue weighted by Crippen LogP contribution is -2.24. The van der Waals surface area contributed by atoms with Gasteiger partial charge in [-0.3, -0.25) is 4.79 Å². The molecule has 0 radical (unpaired) electrons. The fourth-order valence-corrected chi connectivity index (χ4v) is 1.07. The van der Waals surface area contributed by atoms with Crippen molar-refractivity contribution in [1.82, 2.24) is 5.32 Å². The summed E-state index contributed by atoms with van der Waals surface area (Å²) in [6, 6.07) is 7.24. The van der Waals surface area contributed by atoms with Crippen LogP contribution < -0.4 is 15.4 Å². The van der Waals surface area contributed by atoms with Crippen LogP contribution in [0.1, 0.15) is 0 Å². The van der Waals surface area contributed by atoms with Crippen molar-refractivity contribution in [3.63, 3.8) is 0 Å². The lowest BCUT2D eigenvalue weighted by Gasteiger charge is -2.06. The number of carbonyl (C=O) groups excluding carboxylic acids is 1. The van der Waals surface area contributed by atoms with E-state index in [1.165, 1.54) is 0 Å². The van der Waals surface area contributed by atoms with Gasteiger partial charge in [-0.25, -0.2) is 0 Å². The topological polar surface area (TPSA) is 50.4 Å². The summed E-state index contributed by atoms with van der Waals surface area (Å²) < 4.78 is 5.03. The molecule has 0 aliphatic carbocycles. The fourth-order valence-electron chi connectivity index (χ4n) is 1.07. The summed E-state index contributed by atoms with van der Waals surface area (Å²) in [5.74, 6) is 0.660. The van der Waals surface area contributed by atoms with E-state index in [1.54, 1.807) is 20.2 Å². The Labute approximate surface area is 83.3 Å². The van der Waals surface area contributed by atoms with E-state index in [-0.39, 0.29) is 5.91 Å². The molecule has 0 bridgehead atoms. The Balaban J connectivity index is 2.62. The summed E-state index contributed by atoms with van der Waals surface area (Å²) in [5, 5.41) is 5.51. The minimum Gasteiger partial charge on any atom is -0.497 e. The van der Waals surface area contributed by atoms with Crippen LogP contribution in [0.25, 0.3) is 0 Å². The average Bonchev–Trinajstić information content (AvgIpc) is 2.18. The number of hydrogen-bond acceptors (Lipinski definition) is 3. The highest BCUT2D eigenvalue weighted by Gasteiger charge is 2.00. The molecule has 0 unspecified atom stereocenters. The number of amides is 1. The smallest absolute Gasteiger partial charge is 0.238 e. The molecule has 0 aliphatic heterocycles. The van der Waals surface area contributed by atoms with Gasteiger partial charge in [0.25, 0.3) is 0 Å². The molecule has 0 aliphatic rings. The number of benzene rings is 1. The molecular weight excluding hydrogens is 180 g/mol. The molecule has 0 fully saturated rings. The van der Waals surface area contributed by atoms with Crippen LogP contribution in [0.3, 0.4) is 0 Å². The van der Waals surface area contributed by atoms with Gasteiger partial charge >= 0.3 is 0 Å². The van der Waals surface area contributed by atoms with Crippen molar-refractivity contribution in [1.29, 1.82) is 0 Å². The minimum atomic E-state index is -0.0687. The van der Waals surface area contributed by atoms with E-state index in [2.05, 4.69) is 10.6 Å². The Kier molecular flexibility index (Phi) is 3.94. The Morgan fingerprint density at radius 3 is 2.93 bits per heavy atom. The van der Waals surface area contributed by atoms with Crippen molar-refractivity contribution < 1.29 is 9.53 Å². The summed E-state index contributed by atoms with van der Waals surface area (Å²) in [7, 11) is 3.32. The average molecular weight is 194 g/mol. The molecule has 4 heteroatoms. The third-order valence-corrected chi connectivity index (χ3v) is 1.69. The lowest BCUT2D eigenvalue weighted by atomic mass is 10.3. The van der Waals surface area contributed by atoms with E-state index >= 15 is 0 Å². The molecule has 0 aromatic heterocycles. The standard InChI is InChI=1S/C10H14N2O2/c1-11-7-10(13)12-8-4-3-5-9(6-8)14-2/h3-6,11H,7H2,1-2H3,(H,12,13). The molecule has 0 heterocycles. The third kappa shape index (κ3) is 3.06. The van der Waals surface area contributed by atoms with Gasteiger partial charge in [0.15, 0.2) is 0 Å². The quantitative estimate of drug-likeness (QED) is 0.747. The van der Waals surface area contributed by atoms with E-state index in [4.69, 9.17) is 4.74 Å². The maximum Gasteiger partial charge on any atom is 0.238 e. The highest BCUT2D eigenvalue weighted by atomic mass is 16.5. The van der Waals surface area contributed by atoms with Crippen molar-refractivity contribution in [3.05, 3.63) is 24.3 Å². The van der Waals surface area contributed by atoms with E-state index < -0.39 is 0 Å². The summed E-state index contributed by atoms with van der Waals surface area (Å²) in [5.41, 5.74) is 0.740. The van der Waals surface area contributed by atoms with Crippen LogP contribution in [-0.2, 0) is 4.79 Å². The number of rotatable bonds is 4. The monoisotopic (exact) mass is 194 g/mol. The van der Waals surface area contributed by atoms with Crippen LogP contribution in [0.15, 0.2) is 24.3 Å². The van der Waals surface area contributed by atoms with Gasteiger partial charge in [0.05, 0.1) is 13.7 Å². The maximum absolute atomic E-state index is 11.2. The molecule has 0 spiro atoms. The summed E-state index contributed by atoms with van der Waals surface area (Å²) in [4.78, 5) is 11.2. The second-order valence-corrected chi connectivity index (χ2v) is 2.81. The normalized spacial score (nSPS) is 9.57. The van der Waals surface area contributed by atoms with Crippen LogP contribution in [-0.4, -0.2) is 26.6 Å². The van der Waals surface area contributed by atoms with Gasteiger partial charge in [-0.2, -0.15) is 0 Å². The molecule has 2 N–H and O–H groups in total. The molecule has 1 aromatic carbocycles. The van der Waals surface area contributed by atoms with Gasteiger partial charge in [-0.05, 0) is 19.2 Å². The van der Waals surface area contributed by atoms with E-state index in [9.17, 15) is 4.79 Å². The molecule has 1 aromatic rings. The molecule has 76 valence electrons. The van der Waals surface area contributed by atoms with Crippen LogP contribution in [0, 0.1) is 0 Å². The first-order chi connectivity index (χ1) is 6.76. The van der Waals surface area contributed by atoms with Crippen molar-refractivity contribution in [2.45, 2.75) is 0 Å². The number of anilines is 1. The number of carbonyl (C=O) groups is 1. The number of hydrogen-bond donors (Lipinski definition) is 2. The summed E-state index contributed by atoms with van der Waals surface area (Å²) in [6.07, 6.45) is 0. The van der Waals surface area contributed by atoms with E-state index in [0.29, 0.717) is 6.54 Å². The largest absolute Gasteiger partial charge is 0.497 e. The SMILES string of the molecule is CNCC(=O)Nc1cccc(OC)c1. The summed E-state index contributed by atoms with van der Waals surface area (Å²) in [6.45, 7) is 0.303. The highest BCUT2D eigenvalue weighted by Crippen LogP contribution is 2.16. The fraction of sp³-hybridized carbons (Fsp3) is 0.300. The molecule has 0 atom stereocenters. The van der Waals surface area contributed by atoms with Gasteiger partial charge in [0.2, 0.25) is 5.91 Å². The van der Waals surface area contributed by atoms with E-state index in [1.807, 2.05) is 18.2 Å².